The van der Waals surface area contributed by atoms with Crippen LogP contribution in [0.2, 0.25) is 0 Å². The molecule has 0 aliphatic carbocycles. The fourth-order valence-electron chi connectivity index (χ4n) is 1.57. The van der Waals surface area contributed by atoms with Crippen LogP contribution in [-0.2, 0) is 13.1 Å². The number of nitrogens with zero attached hydrogens (tertiary/aromatic N) is 3. The summed E-state index contributed by atoms with van der Waals surface area (Å²) in [5.41, 5.74) is 1.28. The van der Waals surface area contributed by atoms with E-state index in [4.69, 9.17) is 0 Å². The molecule has 0 bridgehead atoms. The summed E-state index contributed by atoms with van der Waals surface area (Å²) in [6, 6.07) is 10.4. The van der Waals surface area contributed by atoms with Gasteiger partial charge in [-0.3, -0.25) is 0 Å². The van der Waals surface area contributed by atoms with Gasteiger partial charge in [-0.1, -0.05) is 46.3 Å². The number of hydrogen-bond acceptors (Lipinski definition) is 1. The van der Waals surface area contributed by atoms with Crippen LogP contribution < -0.4 is 4.57 Å². The Morgan fingerprint density at radius 3 is 2.81 bits per heavy atom. The monoisotopic (exact) mass is 280 g/mol. The molecular formula is C12H15BrN3+. The number of halogens is 1. The largest absolute Gasteiger partial charge is 0.265 e. The highest BCUT2D eigenvalue weighted by molar-refractivity contribution is 9.09. The van der Waals surface area contributed by atoms with Gasteiger partial charge in [0.25, 0.3) is 6.33 Å². The first-order chi connectivity index (χ1) is 7.88. The van der Waals surface area contributed by atoms with E-state index in [-0.39, 0.29) is 0 Å². The molecule has 0 saturated heterocycles. The molecule has 2 aromatic rings. The molecule has 0 aliphatic rings. The van der Waals surface area contributed by atoms with Gasteiger partial charge in [0.05, 0.1) is 6.54 Å². The second kappa shape index (κ2) is 5.80. The van der Waals surface area contributed by atoms with Crippen LogP contribution in [0, 0.1) is 0 Å². The Morgan fingerprint density at radius 1 is 1.25 bits per heavy atom. The first-order valence-electron chi connectivity index (χ1n) is 5.40. The van der Waals surface area contributed by atoms with Crippen molar-refractivity contribution in [3.63, 3.8) is 0 Å². The fraction of sp³-hybridized carbons (Fsp3) is 0.333. The maximum absolute atomic E-state index is 4.33. The van der Waals surface area contributed by atoms with E-state index >= 15 is 0 Å². The number of hydrogen-bond donors (Lipinski definition) is 0. The van der Waals surface area contributed by atoms with Gasteiger partial charge in [-0.2, -0.15) is 0 Å². The van der Waals surface area contributed by atoms with Crippen molar-refractivity contribution in [3.05, 3.63) is 48.5 Å². The average Bonchev–Trinajstić information content (AvgIpc) is 2.75. The summed E-state index contributed by atoms with van der Waals surface area (Å²) in [6.07, 6.45) is 5.06. The van der Waals surface area contributed by atoms with Crippen molar-refractivity contribution in [2.45, 2.75) is 19.5 Å². The molecule has 0 aliphatic heterocycles. The van der Waals surface area contributed by atoms with Crippen LogP contribution in [0.15, 0.2) is 43.0 Å². The molecule has 1 heterocycles. The normalized spacial score (nSPS) is 10.6. The SMILES string of the molecule is BrCCC[n+]1cnn(Cc2ccccc2)c1. The van der Waals surface area contributed by atoms with Gasteiger partial charge < -0.3 is 0 Å². The van der Waals surface area contributed by atoms with Crippen molar-refractivity contribution in [2.75, 3.05) is 5.33 Å². The van der Waals surface area contributed by atoms with Crippen LogP contribution in [0.3, 0.4) is 0 Å². The van der Waals surface area contributed by atoms with Crippen molar-refractivity contribution < 1.29 is 4.57 Å². The first kappa shape index (κ1) is 11.3. The number of benzene rings is 1. The van der Waals surface area contributed by atoms with Crippen LogP contribution in [-0.4, -0.2) is 15.1 Å². The van der Waals surface area contributed by atoms with E-state index < -0.39 is 0 Å². The molecule has 3 nitrogen and oxygen atoms in total. The second-order valence-corrected chi connectivity index (χ2v) is 4.50. The molecule has 0 atom stereocenters. The Bertz CT molecular complexity index is 425. The van der Waals surface area contributed by atoms with Crippen LogP contribution in [0.4, 0.5) is 0 Å². The number of aromatic nitrogens is 3. The molecule has 16 heavy (non-hydrogen) atoms. The lowest BCUT2D eigenvalue weighted by atomic mass is 10.2. The van der Waals surface area contributed by atoms with Gasteiger partial charge in [0.1, 0.15) is 6.54 Å². The second-order valence-electron chi connectivity index (χ2n) is 3.71. The van der Waals surface area contributed by atoms with Crippen LogP contribution >= 0.6 is 15.9 Å². The van der Waals surface area contributed by atoms with Crippen molar-refractivity contribution in [1.29, 1.82) is 0 Å². The molecule has 0 unspecified atom stereocenters. The topological polar surface area (TPSA) is 21.7 Å². The zero-order valence-corrected chi connectivity index (χ0v) is 10.7. The standard InChI is InChI=1S/C12H15BrN3/c13-7-4-8-15-10-14-16(11-15)9-12-5-2-1-3-6-12/h1-3,5-6,10-11H,4,7-9H2/q+1. The van der Waals surface area contributed by atoms with E-state index in [1.165, 1.54) is 5.56 Å². The summed E-state index contributed by atoms with van der Waals surface area (Å²) in [4.78, 5) is 0. The van der Waals surface area contributed by atoms with Gasteiger partial charge in [-0.15, -0.1) is 4.68 Å². The zero-order chi connectivity index (χ0) is 11.2. The molecule has 0 spiro atoms. The molecule has 4 heteroatoms. The molecule has 0 amide bonds. The minimum atomic E-state index is 0.835. The van der Waals surface area contributed by atoms with Crippen molar-refractivity contribution in [1.82, 2.24) is 9.78 Å². The maximum atomic E-state index is 4.33. The Balaban J connectivity index is 1.97. The summed E-state index contributed by atoms with van der Waals surface area (Å²) in [6.45, 7) is 1.85. The number of aryl methyl sites for hydroxylation is 1. The highest BCUT2D eigenvalue weighted by Gasteiger charge is 2.05. The summed E-state index contributed by atoms with van der Waals surface area (Å²) < 4.78 is 4.08. The van der Waals surface area contributed by atoms with Crippen LogP contribution in [0.5, 0.6) is 0 Å². The number of rotatable bonds is 5. The molecule has 0 N–H and O–H groups in total. The Morgan fingerprint density at radius 2 is 2.06 bits per heavy atom. The third kappa shape index (κ3) is 3.17. The van der Waals surface area contributed by atoms with E-state index in [0.717, 1.165) is 24.8 Å². The smallest absolute Gasteiger partial charge is 0.237 e. The molecular weight excluding hydrogens is 266 g/mol. The third-order valence-electron chi connectivity index (χ3n) is 2.37. The summed E-state index contributed by atoms with van der Waals surface area (Å²) in [7, 11) is 0. The quantitative estimate of drug-likeness (QED) is 0.607. The molecule has 0 radical (unpaired) electrons. The third-order valence-corrected chi connectivity index (χ3v) is 2.93. The summed E-state index contributed by atoms with van der Waals surface area (Å²) in [5.74, 6) is 0. The lowest BCUT2D eigenvalue weighted by molar-refractivity contribution is -0.697. The first-order valence-corrected chi connectivity index (χ1v) is 6.52. The summed E-state index contributed by atoms with van der Waals surface area (Å²) >= 11 is 3.43. The van der Waals surface area contributed by atoms with Crippen molar-refractivity contribution >= 4 is 15.9 Å². The zero-order valence-electron chi connectivity index (χ0n) is 9.09. The molecule has 1 aromatic heterocycles. The van der Waals surface area contributed by atoms with Crippen LogP contribution in [0.25, 0.3) is 0 Å². The minimum absolute atomic E-state index is 0.835. The fourth-order valence-corrected chi connectivity index (χ4v) is 1.82. The van der Waals surface area contributed by atoms with Gasteiger partial charge in [0, 0.05) is 10.4 Å². The van der Waals surface area contributed by atoms with E-state index in [1.54, 1.807) is 0 Å². The highest BCUT2D eigenvalue weighted by Crippen LogP contribution is 1.99. The molecule has 2 rings (SSSR count). The predicted molar refractivity (Wildman–Crippen MR) is 66.4 cm³/mol. The molecule has 0 fully saturated rings. The van der Waals surface area contributed by atoms with Gasteiger partial charge in [0.2, 0.25) is 6.33 Å². The highest BCUT2D eigenvalue weighted by atomic mass is 79.9. The van der Waals surface area contributed by atoms with Crippen molar-refractivity contribution in [2.24, 2.45) is 0 Å². The van der Waals surface area contributed by atoms with Crippen molar-refractivity contribution in [3.8, 4) is 0 Å². The Labute approximate surface area is 104 Å². The lowest BCUT2D eigenvalue weighted by Gasteiger charge is -1.94. The maximum Gasteiger partial charge on any atom is 0.265 e. The van der Waals surface area contributed by atoms with E-state index in [9.17, 15) is 0 Å². The average molecular weight is 281 g/mol. The van der Waals surface area contributed by atoms with E-state index in [1.807, 2.05) is 17.1 Å². The molecule has 84 valence electrons. The molecule has 0 saturated carbocycles. The van der Waals surface area contributed by atoms with Gasteiger partial charge in [0.15, 0.2) is 0 Å². The lowest BCUT2D eigenvalue weighted by Crippen LogP contribution is -2.31. The van der Waals surface area contributed by atoms with E-state index in [2.05, 4.69) is 56.2 Å². The molecule has 1 aromatic carbocycles. The van der Waals surface area contributed by atoms with Crippen LogP contribution in [0.1, 0.15) is 12.0 Å². The van der Waals surface area contributed by atoms with Gasteiger partial charge >= 0.3 is 0 Å². The van der Waals surface area contributed by atoms with Gasteiger partial charge in [-0.05, 0) is 12.0 Å². The minimum Gasteiger partial charge on any atom is -0.237 e. The van der Waals surface area contributed by atoms with E-state index in [0.29, 0.717) is 0 Å². The summed E-state index contributed by atoms with van der Waals surface area (Å²) in [5, 5.41) is 5.36. The number of alkyl halides is 1. The Kier molecular flexibility index (Phi) is 4.10. The Hall–Kier alpha value is -1.16. The van der Waals surface area contributed by atoms with Gasteiger partial charge in [-0.25, -0.2) is 4.57 Å². The predicted octanol–water partition coefficient (Wildman–Crippen LogP) is 2.00.